The second-order valence-corrected chi connectivity index (χ2v) is 9.55. The molecule has 1 unspecified atom stereocenters. The maximum atomic E-state index is 13.0. The second-order valence-electron chi connectivity index (χ2n) is 7.73. The highest BCUT2D eigenvalue weighted by molar-refractivity contribution is 7.90. The fraction of sp³-hybridized carbons (Fsp3) is 0.261. The van der Waals surface area contributed by atoms with Crippen LogP contribution in [0, 0.1) is 17.2 Å². The first-order chi connectivity index (χ1) is 15.2. The molecule has 1 aromatic heterocycles. The fourth-order valence-electron chi connectivity index (χ4n) is 3.37. The first-order valence-corrected chi connectivity index (χ1v) is 11.6. The summed E-state index contributed by atoms with van der Waals surface area (Å²) in [7, 11) is -3.77. The highest BCUT2D eigenvalue weighted by Gasteiger charge is 2.23. The topological polar surface area (TPSA) is 121 Å². The third-order valence-electron chi connectivity index (χ3n) is 4.89. The standard InChI is InChI=1S/C23H24N4O4S/c1-16(2)14-20(23(29)25-12-11-24)26-22(28)18-8-9-21-17(15-18)10-13-27(21)32(30,31)19-6-4-3-5-7-19/h3-10,13,15-16,20H,12,14H2,1-2H3,(H,25,29)(H,26,28). The number of aromatic nitrogens is 1. The predicted octanol–water partition coefficient (Wildman–Crippen LogP) is 2.66. The van der Waals surface area contributed by atoms with Crippen molar-refractivity contribution < 1.29 is 18.0 Å². The Morgan fingerprint density at radius 1 is 1.09 bits per heavy atom. The molecular formula is C23H24N4O4S. The molecule has 9 heteroatoms. The van der Waals surface area contributed by atoms with Gasteiger partial charge in [-0.15, -0.1) is 0 Å². The van der Waals surface area contributed by atoms with Crippen molar-refractivity contribution in [2.45, 2.75) is 31.2 Å². The van der Waals surface area contributed by atoms with Crippen LogP contribution in [0.5, 0.6) is 0 Å². The van der Waals surface area contributed by atoms with Crippen LogP contribution in [-0.2, 0) is 14.8 Å². The Morgan fingerprint density at radius 2 is 1.81 bits per heavy atom. The van der Waals surface area contributed by atoms with Crippen LogP contribution in [0.2, 0.25) is 0 Å². The minimum Gasteiger partial charge on any atom is -0.341 e. The summed E-state index contributed by atoms with van der Waals surface area (Å²) in [4.78, 5) is 25.3. The minimum atomic E-state index is -3.77. The largest absolute Gasteiger partial charge is 0.341 e. The van der Waals surface area contributed by atoms with Crippen LogP contribution < -0.4 is 10.6 Å². The molecular weight excluding hydrogens is 428 g/mol. The Morgan fingerprint density at radius 3 is 2.47 bits per heavy atom. The monoisotopic (exact) mass is 452 g/mol. The van der Waals surface area contributed by atoms with Gasteiger partial charge in [0.2, 0.25) is 5.91 Å². The predicted molar refractivity (Wildman–Crippen MR) is 120 cm³/mol. The van der Waals surface area contributed by atoms with E-state index in [9.17, 15) is 18.0 Å². The van der Waals surface area contributed by atoms with Gasteiger partial charge in [0.25, 0.3) is 15.9 Å². The lowest BCUT2D eigenvalue weighted by atomic mass is 10.0. The molecule has 3 aromatic rings. The molecule has 0 spiro atoms. The lowest BCUT2D eigenvalue weighted by molar-refractivity contribution is -0.123. The maximum Gasteiger partial charge on any atom is 0.268 e. The summed E-state index contributed by atoms with van der Waals surface area (Å²) in [6.45, 7) is 3.72. The molecule has 2 N–H and O–H groups in total. The molecule has 0 saturated carbocycles. The summed E-state index contributed by atoms with van der Waals surface area (Å²) in [5.74, 6) is -0.731. The molecule has 0 bridgehead atoms. The van der Waals surface area contributed by atoms with E-state index < -0.39 is 27.9 Å². The number of nitriles is 1. The van der Waals surface area contributed by atoms with Crippen molar-refractivity contribution in [2.75, 3.05) is 6.54 Å². The van der Waals surface area contributed by atoms with Crippen molar-refractivity contribution in [3.63, 3.8) is 0 Å². The van der Waals surface area contributed by atoms with Crippen molar-refractivity contribution in [1.29, 1.82) is 5.26 Å². The molecule has 0 aliphatic rings. The van der Waals surface area contributed by atoms with Gasteiger partial charge in [-0.05, 0) is 48.7 Å². The van der Waals surface area contributed by atoms with Gasteiger partial charge in [-0.2, -0.15) is 5.26 Å². The summed E-state index contributed by atoms with van der Waals surface area (Å²) in [5.41, 5.74) is 0.741. The third kappa shape index (κ3) is 4.98. The van der Waals surface area contributed by atoms with Gasteiger partial charge in [0, 0.05) is 17.1 Å². The van der Waals surface area contributed by atoms with Crippen LogP contribution in [0.25, 0.3) is 10.9 Å². The molecule has 32 heavy (non-hydrogen) atoms. The van der Waals surface area contributed by atoms with Gasteiger partial charge in [-0.1, -0.05) is 32.0 Å². The number of hydrogen-bond donors (Lipinski definition) is 2. The van der Waals surface area contributed by atoms with Gasteiger partial charge in [-0.25, -0.2) is 12.4 Å². The van der Waals surface area contributed by atoms with Crippen molar-refractivity contribution in [3.8, 4) is 6.07 Å². The Labute approximate surface area is 186 Å². The molecule has 0 fully saturated rings. The zero-order valence-corrected chi connectivity index (χ0v) is 18.6. The number of carbonyl (C=O) groups excluding carboxylic acids is 2. The van der Waals surface area contributed by atoms with E-state index in [1.165, 1.54) is 28.4 Å². The number of amides is 2. The second kappa shape index (κ2) is 9.66. The molecule has 0 aliphatic heterocycles. The lowest BCUT2D eigenvalue weighted by Crippen LogP contribution is -2.47. The van der Waals surface area contributed by atoms with Crippen LogP contribution >= 0.6 is 0 Å². The lowest BCUT2D eigenvalue weighted by Gasteiger charge is -2.19. The molecule has 1 heterocycles. The van der Waals surface area contributed by atoms with Crippen LogP contribution in [-0.4, -0.2) is 36.8 Å². The van der Waals surface area contributed by atoms with E-state index in [2.05, 4.69) is 10.6 Å². The van der Waals surface area contributed by atoms with Gasteiger partial charge in [0.1, 0.15) is 12.6 Å². The van der Waals surface area contributed by atoms with Crippen molar-refractivity contribution in [3.05, 3.63) is 66.4 Å². The first kappa shape index (κ1) is 23.0. The molecule has 166 valence electrons. The average molecular weight is 453 g/mol. The van der Waals surface area contributed by atoms with Gasteiger partial charge in [0.15, 0.2) is 0 Å². The van der Waals surface area contributed by atoms with E-state index in [1.54, 1.807) is 36.4 Å². The van der Waals surface area contributed by atoms with E-state index in [0.717, 1.165) is 0 Å². The average Bonchev–Trinajstić information content (AvgIpc) is 3.21. The Kier molecular flexibility index (Phi) is 6.95. The summed E-state index contributed by atoms with van der Waals surface area (Å²) in [6.07, 6.45) is 1.86. The molecule has 0 radical (unpaired) electrons. The van der Waals surface area contributed by atoms with Gasteiger partial charge < -0.3 is 10.6 Å². The number of rotatable bonds is 8. The summed E-state index contributed by atoms with van der Waals surface area (Å²) in [5, 5.41) is 14.4. The van der Waals surface area contributed by atoms with E-state index in [0.29, 0.717) is 22.9 Å². The highest BCUT2D eigenvalue weighted by Crippen LogP contribution is 2.23. The summed E-state index contributed by atoms with van der Waals surface area (Å²) in [6, 6.07) is 15.5. The van der Waals surface area contributed by atoms with Crippen LogP contribution in [0.3, 0.4) is 0 Å². The van der Waals surface area contributed by atoms with Crippen LogP contribution in [0.15, 0.2) is 65.7 Å². The Balaban J connectivity index is 1.86. The quantitative estimate of drug-likeness (QED) is 0.509. The summed E-state index contributed by atoms with van der Waals surface area (Å²) >= 11 is 0. The van der Waals surface area contributed by atoms with Gasteiger partial charge in [0.05, 0.1) is 16.5 Å². The zero-order valence-electron chi connectivity index (χ0n) is 17.8. The number of carbonyl (C=O) groups is 2. The molecule has 2 aromatic carbocycles. The fourth-order valence-corrected chi connectivity index (χ4v) is 4.74. The van der Waals surface area contributed by atoms with Crippen LogP contribution in [0.1, 0.15) is 30.6 Å². The maximum absolute atomic E-state index is 13.0. The zero-order chi connectivity index (χ0) is 23.3. The van der Waals surface area contributed by atoms with Gasteiger partial charge >= 0.3 is 0 Å². The Bertz CT molecular complexity index is 1270. The Hall–Kier alpha value is -3.64. The van der Waals surface area contributed by atoms with E-state index >= 15 is 0 Å². The van der Waals surface area contributed by atoms with Crippen molar-refractivity contribution in [1.82, 2.24) is 14.6 Å². The molecule has 3 rings (SSSR count). The summed E-state index contributed by atoms with van der Waals surface area (Å²) < 4.78 is 27.1. The first-order valence-electron chi connectivity index (χ1n) is 10.1. The van der Waals surface area contributed by atoms with Crippen molar-refractivity contribution >= 4 is 32.7 Å². The smallest absolute Gasteiger partial charge is 0.268 e. The highest BCUT2D eigenvalue weighted by atomic mass is 32.2. The third-order valence-corrected chi connectivity index (χ3v) is 6.59. The number of fused-ring (bicyclic) bond motifs is 1. The minimum absolute atomic E-state index is 0.140. The number of benzene rings is 2. The van der Waals surface area contributed by atoms with E-state index in [-0.39, 0.29) is 17.4 Å². The van der Waals surface area contributed by atoms with Crippen molar-refractivity contribution in [2.24, 2.45) is 5.92 Å². The number of hydrogen-bond acceptors (Lipinski definition) is 5. The SMILES string of the molecule is CC(C)CC(NC(=O)c1ccc2c(ccn2S(=O)(=O)c2ccccc2)c1)C(=O)NCC#N. The molecule has 8 nitrogen and oxygen atoms in total. The number of nitrogens with one attached hydrogen (secondary N) is 2. The van der Waals surface area contributed by atoms with E-state index in [1.807, 2.05) is 19.9 Å². The molecule has 1 atom stereocenters. The van der Waals surface area contributed by atoms with Crippen LogP contribution in [0.4, 0.5) is 0 Å². The normalized spacial score (nSPS) is 12.3. The molecule has 2 amide bonds. The van der Waals surface area contributed by atoms with E-state index in [4.69, 9.17) is 5.26 Å². The number of nitrogens with zero attached hydrogens (tertiary/aromatic N) is 2. The molecule has 0 saturated heterocycles. The molecule has 0 aliphatic carbocycles. The van der Waals surface area contributed by atoms with Gasteiger partial charge in [-0.3, -0.25) is 9.59 Å².